The molecule has 1 aromatic heterocycles. The number of nitrogens with two attached hydrogens (primary N) is 1. The zero-order valence-corrected chi connectivity index (χ0v) is 13.7. The summed E-state index contributed by atoms with van der Waals surface area (Å²) in [6.07, 6.45) is 6.41. The lowest BCUT2D eigenvalue weighted by Gasteiger charge is -2.33. The highest BCUT2D eigenvalue weighted by Gasteiger charge is 2.35. The Hall–Kier alpha value is -1.23. The molecule has 2 aliphatic rings. The first kappa shape index (κ1) is 14.7. The molecule has 0 radical (unpaired) electrons. The molecule has 0 aliphatic heterocycles. The molecule has 0 unspecified atom stereocenters. The third-order valence-corrected chi connectivity index (χ3v) is 5.95. The molecule has 116 valence electrons. The van der Waals surface area contributed by atoms with E-state index in [0.29, 0.717) is 16.5 Å². The number of hydrogen-bond acceptors (Lipinski definition) is 5. The van der Waals surface area contributed by atoms with Crippen LogP contribution in [0.1, 0.15) is 60.2 Å². The van der Waals surface area contributed by atoms with Crippen molar-refractivity contribution in [2.75, 3.05) is 30.8 Å². The predicted octanol–water partition coefficient (Wildman–Crippen LogP) is 3.62. The summed E-state index contributed by atoms with van der Waals surface area (Å²) in [5, 5.41) is 1.21. The van der Waals surface area contributed by atoms with E-state index in [1.54, 1.807) is 0 Å². The smallest absolute Gasteiger partial charge is 0.350 e. The molecule has 5 heteroatoms. The summed E-state index contributed by atoms with van der Waals surface area (Å²) in [5.74, 6) is 1.05. The van der Waals surface area contributed by atoms with E-state index in [-0.39, 0.29) is 5.97 Å². The Morgan fingerprint density at radius 1 is 1.38 bits per heavy atom. The van der Waals surface area contributed by atoms with Gasteiger partial charge in [0.15, 0.2) is 0 Å². The zero-order chi connectivity index (χ0) is 15.0. The molecular weight excluding hydrogens is 284 g/mol. The van der Waals surface area contributed by atoms with Crippen molar-refractivity contribution >= 4 is 28.0 Å². The van der Waals surface area contributed by atoms with E-state index in [0.717, 1.165) is 19.0 Å². The number of anilines is 2. The molecule has 0 amide bonds. The average molecular weight is 308 g/mol. The number of nitrogen functional groups attached to an aromatic ring is 1. The van der Waals surface area contributed by atoms with Gasteiger partial charge in [-0.2, -0.15) is 0 Å². The van der Waals surface area contributed by atoms with Crippen molar-refractivity contribution < 1.29 is 9.53 Å². The summed E-state index contributed by atoms with van der Waals surface area (Å²) in [6.45, 7) is 4.25. The first-order valence-corrected chi connectivity index (χ1v) is 8.72. The van der Waals surface area contributed by atoms with Crippen molar-refractivity contribution in [1.29, 1.82) is 0 Å². The molecule has 2 fully saturated rings. The van der Waals surface area contributed by atoms with Gasteiger partial charge < -0.3 is 15.4 Å². The van der Waals surface area contributed by atoms with Crippen LogP contribution in [0.3, 0.4) is 0 Å². The Morgan fingerprint density at radius 2 is 2.10 bits per heavy atom. The fourth-order valence-corrected chi connectivity index (χ4v) is 4.33. The number of hydrogen-bond donors (Lipinski definition) is 1. The quantitative estimate of drug-likeness (QED) is 0.816. The number of carbonyl (C=O) groups is 1. The van der Waals surface area contributed by atoms with E-state index >= 15 is 0 Å². The standard InChI is InChI=1S/C16H24N2O2S/c1-3-18(9-10-5-4-6-10)15-12(11-7-8-11)13(17)14(21-15)16(19)20-2/h10-11H,3-9,17H2,1-2H3. The van der Waals surface area contributed by atoms with Crippen molar-refractivity contribution in [2.45, 2.75) is 44.9 Å². The van der Waals surface area contributed by atoms with Crippen LogP contribution >= 0.6 is 11.3 Å². The van der Waals surface area contributed by atoms with Gasteiger partial charge in [0.1, 0.15) is 4.88 Å². The number of esters is 1. The van der Waals surface area contributed by atoms with Gasteiger partial charge in [0.2, 0.25) is 0 Å². The molecule has 1 aromatic rings. The molecule has 21 heavy (non-hydrogen) atoms. The van der Waals surface area contributed by atoms with Crippen LogP contribution in [0.15, 0.2) is 0 Å². The number of rotatable bonds is 6. The van der Waals surface area contributed by atoms with Crippen molar-refractivity contribution in [3.05, 3.63) is 10.4 Å². The topological polar surface area (TPSA) is 55.6 Å². The highest BCUT2D eigenvalue weighted by atomic mass is 32.1. The molecular formula is C16H24N2O2S. The van der Waals surface area contributed by atoms with Gasteiger partial charge in [0.05, 0.1) is 17.8 Å². The minimum Gasteiger partial charge on any atom is -0.465 e. The Labute approximate surface area is 130 Å². The number of nitrogens with zero attached hydrogens (tertiary/aromatic N) is 1. The molecule has 2 aliphatic carbocycles. The molecule has 3 rings (SSSR count). The lowest BCUT2D eigenvalue weighted by atomic mass is 9.85. The lowest BCUT2D eigenvalue weighted by molar-refractivity contribution is 0.0607. The van der Waals surface area contributed by atoms with Gasteiger partial charge in [0, 0.05) is 18.7 Å². The summed E-state index contributed by atoms with van der Waals surface area (Å²) in [6, 6.07) is 0. The Morgan fingerprint density at radius 3 is 2.57 bits per heavy atom. The third-order valence-electron chi connectivity index (χ3n) is 4.69. The molecule has 0 saturated heterocycles. The van der Waals surface area contributed by atoms with Crippen LogP contribution in [0.5, 0.6) is 0 Å². The van der Waals surface area contributed by atoms with Crippen LogP contribution in [0.4, 0.5) is 10.7 Å². The second kappa shape index (κ2) is 5.87. The van der Waals surface area contributed by atoms with Gasteiger partial charge in [0.25, 0.3) is 0 Å². The predicted molar refractivity (Wildman–Crippen MR) is 87.3 cm³/mol. The van der Waals surface area contributed by atoms with Gasteiger partial charge in [-0.25, -0.2) is 4.79 Å². The van der Waals surface area contributed by atoms with Crippen LogP contribution in [-0.4, -0.2) is 26.2 Å². The van der Waals surface area contributed by atoms with Crippen LogP contribution in [0.2, 0.25) is 0 Å². The van der Waals surface area contributed by atoms with Gasteiger partial charge in [-0.1, -0.05) is 6.42 Å². The third kappa shape index (κ3) is 2.76. The van der Waals surface area contributed by atoms with E-state index in [1.807, 2.05) is 0 Å². The highest BCUT2D eigenvalue weighted by Crippen LogP contribution is 2.52. The van der Waals surface area contributed by atoms with Crippen LogP contribution in [0.25, 0.3) is 0 Å². The zero-order valence-electron chi connectivity index (χ0n) is 12.9. The van der Waals surface area contributed by atoms with E-state index in [4.69, 9.17) is 10.5 Å². The summed E-state index contributed by atoms with van der Waals surface area (Å²) >= 11 is 1.52. The maximum atomic E-state index is 11.9. The molecule has 1 heterocycles. The average Bonchev–Trinajstić information content (AvgIpc) is 3.21. The van der Waals surface area contributed by atoms with Crippen molar-refractivity contribution in [2.24, 2.45) is 5.92 Å². The van der Waals surface area contributed by atoms with E-state index in [1.165, 1.54) is 61.1 Å². The van der Waals surface area contributed by atoms with Crippen LogP contribution < -0.4 is 10.6 Å². The van der Waals surface area contributed by atoms with E-state index < -0.39 is 0 Å². The Bertz CT molecular complexity index is 533. The summed E-state index contributed by atoms with van der Waals surface area (Å²) < 4.78 is 4.89. The summed E-state index contributed by atoms with van der Waals surface area (Å²) in [4.78, 5) is 14.9. The van der Waals surface area contributed by atoms with Crippen molar-refractivity contribution in [3.8, 4) is 0 Å². The van der Waals surface area contributed by atoms with Crippen molar-refractivity contribution in [1.82, 2.24) is 0 Å². The Kier molecular flexibility index (Phi) is 4.11. The fraction of sp³-hybridized carbons (Fsp3) is 0.688. The van der Waals surface area contributed by atoms with Gasteiger partial charge in [-0.05, 0) is 44.4 Å². The number of ether oxygens (including phenoxy) is 1. The SMILES string of the molecule is CCN(CC1CCC1)c1sc(C(=O)OC)c(N)c1C1CC1. The van der Waals surface area contributed by atoms with Gasteiger partial charge >= 0.3 is 5.97 Å². The number of methoxy groups -OCH3 is 1. The molecule has 0 atom stereocenters. The maximum Gasteiger partial charge on any atom is 0.350 e. The minimum atomic E-state index is -0.301. The number of thiophene rings is 1. The van der Waals surface area contributed by atoms with Gasteiger partial charge in [-0.15, -0.1) is 11.3 Å². The molecule has 2 N–H and O–H groups in total. The molecule has 2 saturated carbocycles. The summed E-state index contributed by atoms with van der Waals surface area (Å²) in [5.41, 5.74) is 8.15. The molecule has 0 spiro atoms. The largest absolute Gasteiger partial charge is 0.465 e. The first-order chi connectivity index (χ1) is 10.2. The van der Waals surface area contributed by atoms with E-state index in [9.17, 15) is 4.79 Å². The van der Waals surface area contributed by atoms with E-state index in [2.05, 4.69) is 11.8 Å². The summed E-state index contributed by atoms with van der Waals surface area (Å²) in [7, 11) is 1.42. The Balaban J connectivity index is 1.92. The molecule has 0 bridgehead atoms. The monoisotopic (exact) mass is 308 g/mol. The van der Waals surface area contributed by atoms with Crippen LogP contribution in [-0.2, 0) is 4.74 Å². The second-order valence-corrected chi connectivity index (χ2v) is 7.16. The second-order valence-electron chi connectivity index (χ2n) is 6.17. The normalized spacial score (nSPS) is 18.4. The highest BCUT2D eigenvalue weighted by molar-refractivity contribution is 7.18. The molecule has 4 nitrogen and oxygen atoms in total. The molecule has 0 aromatic carbocycles. The lowest BCUT2D eigenvalue weighted by Crippen LogP contribution is -2.32. The minimum absolute atomic E-state index is 0.301. The van der Waals surface area contributed by atoms with Gasteiger partial charge in [-0.3, -0.25) is 0 Å². The first-order valence-electron chi connectivity index (χ1n) is 7.91. The maximum absolute atomic E-state index is 11.9. The fourth-order valence-electron chi connectivity index (χ4n) is 3.03. The van der Waals surface area contributed by atoms with Crippen molar-refractivity contribution in [3.63, 3.8) is 0 Å². The number of carbonyl (C=O) groups excluding carboxylic acids is 1. The van der Waals surface area contributed by atoms with Crippen LogP contribution in [0, 0.1) is 5.92 Å².